The number of fused-ring (bicyclic) bond motifs is 1. The number of nitrogens with one attached hydrogen (secondary N) is 3. The second kappa shape index (κ2) is 5.40. The lowest BCUT2D eigenvalue weighted by atomic mass is 10.1. The predicted octanol–water partition coefficient (Wildman–Crippen LogP) is 3.29. The van der Waals surface area contributed by atoms with Gasteiger partial charge in [0.1, 0.15) is 5.82 Å². The van der Waals surface area contributed by atoms with Gasteiger partial charge in [0.15, 0.2) is 4.77 Å². The summed E-state index contributed by atoms with van der Waals surface area (Å²) in [6.45, 7) is 1.78. The lowest BCUT2D eigenvalue weighted by Gasteiger charge is -2.20. The molecule has 98 valence electrons. The third kappa shape index (κ3) is 2.86. The summed E-state index contributed by atoms with van der Waals surface area (Å²) in [5.41, 5.74) is 3.34. The van der Waals surface area contributed by atoms with Gasteiger partial charge >= 0.3 is 0 Å². The van der Waals surface area contributed by atoms with Gasteiger partial charge in [-0.1, -0.05) is 22.0 Å². The molecule has 1 aromatic heterocycles. The summed E-state index contributed by atoms with van der Waals surface area (Å²) < 4.78 is 1.56. The summed E-state index contributed by atoms with van der Waals surface area (Å²) in [6.07, 6.45) is 0.953. The first-order valence-corrected chi connectivity index (χ1v) is 7.28. The Balaban J connectivity index is 2.00. The molecule has 0 unspecified atom stereocenters. The average molecular weight is 337 g/mol. The molecule has 1 aromatic carbocycles. The van der Waals surface area contributed by atoms with Gasteiger partial charge in [-0.05, 0) is 30.4 Å². The van der Waals surface area contributed by atoms with Crippen LogP contribution >= 0.6 is 28.1 Å². The van der Waals surface area contributed by atoms with Crippen molar-refractivity contribution in [2.45, 2.75) is 13.0 Å². The van der Waals surface area contributed by atoms with Crippen LogP contribution in [0.4, 0.5) is 11.5 Å². The number of anilines is 2. The summed E-state index contributed by atoms with van der Waals surface area (Å²) in [4.78, 5) is 7.58. The molecule has 1 aliphatic heterocycles. The van der Waals surface area contributed by atoms with E-state index in [0.717, 1.165) is 35.5 Å². The van der Waals surface area contributed by atoms with Crippen LogP contribution in [0.2, 0.25) is 0 Å². The molecule has 0 saturated heterocycles. The molecule has 2 heterocycles. The maximum absolute atomic E-state index is 5.19. The number of H-pyrrole nitrogens is 1. The zero-order valence-corrected chi connectivity index (χ0v) is 12.6. The van der Waals surface area contributed by atoms with Crippen LogP contribution in [0, 0.1) is 4.77 Å². The Morgan fingerprint density at radius 2 is 2.26 bits per heavy atom. The highest BCUT2D eigenvalue weighted by molar-refractivity contribution is 9.10. The molecule has 0 aliphatic carbocycles. The highest BCUT2D eigenvalue weighted by atomic mass is 79.9. The van der Waals surface area contributed by atoms with Crippen LogP contribution in [0.15, 0.2) is 28.7 Å². The fraction of sp³-hybridized carbons (Fsp3) is 0.231. The smallest absolute Gasteiger partial charge is 0.198 e. The Hall–Kier alpha value is -1.24. The van der Waals surface area contributed by atoms with E-state index in [0.29, 0.717) is 4.77 Å². The van der Waals surface area contributed by atoms with Crippen molar-refractivity contribution in [1.82, 2.24) is 15.3 Å². The Kier molecular flexibility index (Phi) is 3.63. The number of hydrogen-bond donors (Lipinski definition) is 3. The third-order valence-electron chi connectivity index (χ3n) is 3.06. The van der Waals surface area contributed by atoms with Gasteiger partial charge in [0.05, 0.1) is 0 Å². The number of rotatable bonds is 2. The van der Waals surface area contributed by atoms with Crippen LogP contribution in [-0.4, -0.2) is 16.5 Å². The fourth-order valence-corrected chi connectivity index (χ4v) is 2.80. The van der Waals surface area contributed by atoms with Crippen LogP contribution in [0.5, 0.6) is 0 Å². The van der Waals surface area contributed by atoms with Gasteiger partial charge < -0.3 is 15.6 Å². The number of benzene rings is 1. The van der Waals surface area contributed by atoms with Gasteiger partial charge in [0, 0.05) is 40.9 Å². The molecule has 1 aliphatic rings. The summed E-state index contributed by atoms with van der Waals surface area (Å²) in [6, 6.07) is 8.01. The number of aromatic nitrogens is 2. The van der Waals surface area contributed by atoms with Crippen LogP contribution < -0.4 is 10.6 Å². The van der Waals surface area contributed by atoms with Crippen molar-refractivity contribution in [2.75, 3.05) is 11.9 Å². The standard InChI is InChI=1S/C13H13BrN4S/c14-8-2-1-3-9(6-8)16-12-10-7-15-5-4-11(10)17-13(19)18-12/h1-3,6,15H,4-5,7H2,(H2,16,17,18,19). The van der Waals surface area contributed by atoms with Gasteiger partial charge in [0.25, 0.3) is 0 Å². The molecule has 0 spiro atoms. The van der Waals surface area contributed by atoms with Crippen LogP contribution in [0.3, 0.4) is 0 Å². The zero-order chi connectivity index (χ0) is 13.2. The molecular weight excluding hydrogens is 324 g/mol. The van der Waals surface area contributed by atoms with Crippen molar-refractivity contribution in [2.24, 2.45) is 0 Å². The molecular formula is C13H13BrN4S. The van der Waals surface area contributed by atoms with Crippen molar-refractivity contribution >= 4 is 39.7 Å². The Morgan fingerprint density at radius 1 is 1.37 bits per heavy atom. The van der Waals surface area contributed by atoms with E-state index in [4.69, 9.17) is 12.2 Å². The lowest BCUT2D eigenvalue weighted by Crippen LogP contribution is -2.26. The number of nitrogens with zero attached hydrogens (tertiary/aromatic N) is 1. The number of aromatic amines is 1. The van der Waals surface area contributed by atoms with E-state index in [1.165, 1.54) is 11.3 Å². The molecule has 0 amide bonds. The first-order valence-electron chi connectivity index (χ1n) is 6.08. The molecule has 0 bridgehead atoms. The highest BCUT2D eigenvalue weighted by Gasteiger charge is 2.15. The normalized spacial score (nSPS) is 13.9. The van der Waals surface area contributed by atoms with Crippen molar-refractivity contribution in [1.29, 1.82) is 0 Å². The molecule has 6 heteroatoms. The number of hydrogen-bond acceptors (Lipinski definition) is 4. The van der Waals surface area contributed by atoms with Crippen molar-refractivity contribution in [3.63, 3.8) is 0 Å². The van der Waals surface area contributed by atoms with Gasteiger partial charge in [-0.2, -0.15) is 0 Å². The van der Waals surface area contributed by atoms with E-state index < -0.39 is 0 Å². The molecule has 19 heavy (non-hydrogen) atoms. The first kappa shape index (κ1) is 12.8. The molecule has 4 nitrogen and oxygen atoms in total. The molecule has 2 aromatic rings. The minimum atomic E-state index is 0.526. The quantitative estimate of drug-likeness (QED) is 0.736. The minimum absolute atomic E-state index is 0.526. The second-order valence-electron chi connectivity index (χ2n) is 4.41. The number of halogens is 1. The topological polar surface area (TPSA) is 52.7 Å². The molecule has 0 fully saturated rings. The van der Waals surface area contributed by atoms with Crippen LogP contribution in [0.1, 0.15) is 11.3 Å². The molecule has 3 rings (SSSR count). The van der Waals surface area contributed by atoms with Crippen molar-refractivity contribution in [3.05, 3.63) is 44.8 Å². The maximum atomic E-state index is 5.19. The van der Waals surface area contributed by atoms with E-state index in [1.807, 2.05) is 24.3 Å². The average Bonchev–Trinajstić information content (AvgIpc) is 2.38. The van der Waals surface area contributed by atoms with E-state index in [9.17, 15) is 0 Å². The van der Waals surface area contributed by atoms with E-state index in [2.05, 4.69) is 36.5 Å². The van der Waals surface area contributed by atoms with Crippen molar-refractivity contribution < 1.29 is 0 Å². The fourth-order valence-electron chi connectivity index (χ4n) is 2.18. The Morgan fingerprint density at radius 3 is 3.11 bits per heavy atom. The Labute approximate surface area is 124 Å². The summed E-state index contributed by atoms with van der Waals surface area (Å²) in [5, 5.41) is 6.70. The van der Waals surface area contributed by atoms with Gasteiger partial charge in [-0.15, -0.1) is 0 Å². The monoisotopic (exact) mass is 336 g/mol. The largest absolute Gasteiger partial charge is 0.340 e. The third-order valence-corrected chi connectivity index (χ3v) is 3.75. The second-order valence-corrected chi connectivity index (χ2v) is 5.71. The summed E-state index contributed by atoms with van der Waals surface area (Å²) >= 11 is 8.66. The van der Waals surface area contributed by atoms with Crippen LogP contribution in [0.25, 0.3) is 0 Å². The summed E-state index contributed by atoms with van der Waals surface area (Å²) in [7, 11) is 0. The minimum Gasteiger partial charge on any atom is -0.340 e. The summed E-state index contributed by atoms with van der Waals surface area (Å²) in [5.74, 6) is 0.837. The highest BCUT2D eigenvalue weighted by Crippen LogP contribution is 2.24. The maximum Gasteiger partial charge on any atom is 0.198 e. The molecule has 0 saturated carbocycles. The van der Waals surface area contributed by atoms with Gasteiger partial charge in [-0.25, -0.2) is 4.98 Å². The molecule has 3 N–H and O–H groups in total. The lowest BCUT2D eigenvalue weighted by molar-refractivity contribution is 0.626. The Bertz CT molecular complexity index is 668. The molecule has 0 atom stereocenters. The SMILES string of the molecule is S=c1nc(Nc2cccc(Br)c2)c2c([nH]1)CCNC2. The van der Waals surface area contributed by atoms with Gasteiger partial charge in [0.2, 0.25) is 0 Å². The van der Waals surface area contributed by atoms with Gasteiger partial charge in [-0.3, -0.25) is 0 Å². The van der Waals surface area contributed by atoms with Crippen LogP contribution in [-0.2, 0) is 13.0 Å². The van der Waals surface area contributed by atoms with Crippen molar-refractivity contribution in [3.8, 4) is 0 Å². The zero-order valence-electron chi connectivity index (χ0n) is 10.2. The first-order chi connectivity index (χ1) is 9.22. The van der Waals surface area contributed by atoms with E-state index >= 15 is 0 Å². The molecule has 0 radical (unpaired) electrons. The van der Waals surface area contributed by atoms with E-state index in [-0.39, 0.29) is 0 Å². The van der Waals surface area contributed by atoms with E-state index in [1.54, 1.807) is 0 Å². The predicted molar refractivity (Wildman–Crippen MR) is 82.3 cm³/mol.